The average molecular weight is 406 g/mol. The third kappa shape index (κ3) is 2.77. The lowest BCUT2D eigenvalue weighted by atomic mass is 10.1. The summed E-state index contributed by atoms with van der Waals surface area (Å²) in [4.78, 5) is 14.4. The van der Waals surface area contributed by atoms with Gasteiger partial charge in [-0.15, -0.1) is 0 Å². The van der Waals surface area contributed by atoms with E-state index in [9.17, 15) is 9.90 Å². The van der Waals surface area contributed by atoms with Crippen molar-refractivity contribution in [2.75, 3.05) is 11.4 Å². The normalized spacial score (nSPS) is 14.9. The Morgan fingerprint density at radius 2 is 1.89 bits per heavy atom. The smallest absolute Gasteiger partial charge is 0.323 e. The van der Waals surface area contributed by atoms with Crippen LogP contribution in [0, 0.1) is 0 Å². The van der Waals surface area contributed by atoms with Crippen LogP contribution in [0.3, 0.4) is 0 Å². The van der Waals surface area contributed by atoms with Crippen LogP contribution >= 0.6 is 23.1 Å². The summed E-state index contributed by atoms with van der Waals surface area (Å²) < 4.78 is 3.43. The number of benzene rings is 3. The number of aryl methyl sites for hydroxylation is 1. The standard InChI is InChI=1S/C22H16N2O2S2/c1-23-19(28-18-11-10-14-6-2-3-7-15(14)22(18)23)12-20-24(13-21(25)26)16-8-4-5-9-17(16)27-20/h2-12H,13H2,1H3/p+1. The second kappa shape index (κ2) is 6.65. The van der Waals surface area contributed by atoms with Gasteiger partial charge in [0.2, 0.25) is 5.52 Å². The maximum atomic E-state index is 11.4. The number of thioether (sulfide) groups is 1. The second-order valence-electron chi connectivity index (χ2n) is 6.67. The molecule has 28 heavy (non-hydrogen) atoms. The summed E-state index contributed by atoms with van der Waals surface area (Å²) in [7, 11) is 2.08. The molecule has 0 unspecified atom stereocenters. The number of carbonyl (C=O) groups is 1. The first-order chi connectivity index (χ1) is 13.6. The van der Waals surface area contributed by atoms with Crippen molar-refractivity contribution in [1.82, 2.24) is 0 Å². The fraction of sp³-hybridized carbons (Fsp3) is 0.0909. The fourth-order valence-corrected chi connectivity index (χ4v) is 5.92. The Balaban J connectivity index is 1.66. The summed E-state index contributed by atoms with van der Waals surface area (Å²) in [5.74, 6) is -0.838. The summed E-state index contributed by atoms with van der Waals surface area (Å²) in [6.07, 6.45) is 2.10. The fourth-order valence-electron chi connectivity index (χ4n) is 3.65. The van der Waals surface area contributed by atoms with E-state index in [0.717, 1.165) is 20.6 Å². The number of carboxylic acids is 1. The number of hydrogen-bond donors (Lipinski definition) is 1. The highest BCUT2D eigenvalue weighted by Gasteiger charge is 2.28. The zero-order chi connectivity index (χ0) is 19.3. The second-order valence-corrected chi connectivity index (χ2v) is 8.79. The van der Waals surface area contributed by atoms with Gasteiger partial charge >= 0.3 is 5.97 Å². The van der Waals surface area contributed by atoms with Gasteiger partial charge < -0.3 is 10.0 Å². The topological polar surface area (TPSA) is 44.4 Å². The van der Waals surface area contributed by atoms with Gasteiger partial charge in [0.25, 0.3) is 5.01 Å². The van der Waals surface area contributed by atoms with Crippen LogP contribution in [0.2, 0.25) is 0 Å². The molecule has 4 aromatic rings. The van der Waals surface area contributed by atoms with Gasteiger partial charge in [-0.2, -0.15) is 4.57 Å². The number of fused-ring (bicyclic) bond motifs is 4. The first kappa shape index (κ1) is 17.3. The monoisotopic (exact) mass is 405 g/mol. The Morgan fingerprint density at radius 1 is 1.11 bits per heavy atom. The van der Waals surface area contributed by atoms with Crippen molar-refractivity contribution in [3.63, 3.8) is 0 Å². The van der Waals surface area contributed by atoms with E-state index >= 15 is 0 Å². The summed E-state index contributed by atoms with van der Waals surface area (Å²) in [5, 5.41) is 13.9. The van der Waals surface area contributed by atoms with Gasteiger partial charge in [-0.25, -0.2) is 0 Å². The minimum Gasteiger partial charge on any atom is -0.480 e. The predicted molar refractivity (Wildman–Crippen MR) is 116 cm³/mol. The van der Waals surface area contributed by atoms with Crippen LogP contribution in [0.5, 0.6) is 0 Å². The molecule has 2 heterocycles. The van der Waals surface area contributed by atoms with Gasteiger partial charge in [-0.1, -0.05) is 59.5 Å². The maximum Gasteiger partial charge on any atom is 0.323 e. The minimum absolute atomic E-state index is 0.0482. The lowest BCUT2D eigenvalue weighted by molar-refractivity contribution is -0.641. The number of nitrogens with zero attached hydrogens (tertiary/aromatic N) is 2. The molecule has 0 saturated carbocycles. The van der Waals surface area contributed by atoms with Crippen LogP contribution in [-0.2, 0) is 11.8 Å². The molecule has 0 amide bonds. The Bertz CT molecular complexity index is 1280. The molecule has 1 aromatic heterocycles. The molecule has 0 aliphatic carbocycles. The third-order valence-electron chi connectivity index (χ3n) is 4.92. The largest absolute Gasteiger partial charge is 0.480 e. The number of para-hydroxylation sites is 1. The minimum atomic E-state index is -0.838. The molecule has 0 atom stereocenters. The molecule has 1 aliphatic rings. The first-order valence-corrected chi connectivity index (χ1v) is 10.5. The molecular weight excluding hydrogens is 388 g/mol. The summed E-state index contributed by atoms with van der Waals surface area (Å²) in [5.41, 5.74) is 2.16. The van der Waals surface area contributed by atoms with E-state index in [4.69, 9.17) is 0 Å². The molecule has 0 radical (unpaired) electrons. The number of aromatic nitrogens is 1. The molecule has 6 heteroatoms. The summed E-state index contributed by atoms with van der Waals surface area (Å²) in [6, 6.07) is 20.7. The quantitative estimate of drug-likeness (QED) is 0.494. The molecule has 1 N–H and O–H groups in total. The van der Waals surface area contributed by atoms with E-state index in [1.807, 2.05) is 29.2 Å². The number of thiazole rings is 1. The van der Waals surface area contributed by atoms with Crippen LogP contribution in [0.15, 0.2) is 70.6 Å². The van der Waals surface area contributed by atoms with Crippen LogP contribution < -0.4 is 9.47 Å². The van der Waals surface area contributed by atoms with Crippen molar-refractivity contribution in [1.29, 1.82) is 0 Å². The van der Waals surface area contributed by atoms with Crippen molar-refractivity contribution in [3.05, 3.63) is 70.7 Å². The third-order valence-corrected chi connectivity index (χ3v) is 7.18. The summed E-state index contributed by atoms with van der Waals surface area (Å²) in [6.45, 7) is -0.0482. The molecular formula is C22H17N2O2S2+. The number of aliphatic carboxylic acids is 1. The lowest BCUT2D eigenvalue weighted by Crippen LogP contribution is -2.30. The molecule has 1 aliphatic heterocycles. The Morgan fingerprint density at radius 3 is 2.75 bits per heavy atom. The molecule has 4 nitrogen and oxygen atoms in total. The first-order valence-electron chi connectivity index (χ1n) is 8.90. The maximum absolute atomic E-state index is 11.4. The molecule has 3 aromatic carbocycles. The zero-order valence-corrected chi connectivity index (χ0v) is 16.8. The molecule has 0 fully saturated rings. The van der Waals surface area contributed by atoms with E-state index in [-0.39, 0.29) is 6.54 Å². The van der Waals surface area contributed by atoms with E-state index in [1.54, 1.807) is 23.1 Å². The number of rotatable bonds is 3. The SMILES string of the molecule is C[n+]1c(/C=C2\Sc3ccccc3N2CC(=O)O)sc2ccc3ccccc3c21. The van der Waals surface area contributed by atoms with Gasteiger partial charge in [-0.3, -0.25) is 4.79 Å². The highest BCUT2D eigenvalue weighted by molar-refractivity contribution is 8.03. The summed E-state index contributed by atoms with van der Waals surface area (Å²) >= 11 is 3.34. The average Bonchev–Trinajstić information content (AvgIpc) is 3.20. The van der Waals surface area contributed by atoms with Crippen molar-refractivity contribution in [2.45, 2.75) is 4.90 Å². The van der Waals surface area contributed by atoms with Crippen molar-refractivity contribution in [2.24, 2.45) is 7.05 Å². The molecule has 138 valence electrons. The van der Waals surface area contributed by atoms with E-state index in [0.29, 0.717) is 0 Å². The van der Waals surface area contributed by atoms with Gasteiger partial charge in [0, 0.05) is 4.90 Å². The zero-order valence-electron chi connectivity index (χ0n) is 15.1. The van der Waals surface area contributed by atoms with Crippen LogP contribution in [0.25, 0.3) is 27.1 Å². The van der Waals surface area contributed by atoms with Gasteiger partial charge in [0.15, 0.2) is 0 Å². The number of hydrogen-bond acceptors (Lipinski definition) is 4. The molecule has 5 rings (SSSR count). The highest BCUT2D eigenvalue weighted by Crippen LogP contribution is 2.46. The Kier molecular flexibility index (Phi) is 4.10. The molecule has 0 spiro atoms. The van der Waals surface area contributed by atoms with Crippen LogP contribution in [0.1, 0.15) is 5.01 Å². The van der Waals surface area contributed by atoms with Crippen LogP contribution in [-0.4, -0.2) is 17.6 Å². The van der Waals surface area contributed by atoms with E-state index in [1.165, 1.54) is 21.0 Å². The Labute approximate surface area is 170 Å². The van der Waals surface area contributed by atoms with Gasteiger partial charge in [-0.05, 0) is 29.7 Å². The van der Waals surface area contributed by atoms with Gasteiger partial charge in [0.05, 0.1) is 22.2 Å². The van der Waals surface area contributed by atoms with Gasteiger partial charge in [0.1, 0.15) is 18.3 Å². The van der Waals surface area contributed by atoms with Crippen molar-refractivity contribution in [3.8, 4) is 0 Å². The highest BCUT2D eigenvalue weighted by atomic mass is 32.2. The van der Waals surface area contributed by atoms with Crippen molar-refractivity contribution < 1.29 is 14.5 Å². The molecule has 0 saturated heterocycles. The lowest BCUT2D eigenvalue weighted by Gasteiger charge is -2.17. The van der Waals surface area contributed by atoms with Crippen molar-refractivity contribution >= 4 is 61.8 Å². The Hall–Kier alpha value is -2.83. The van der Waals surface area contributed by atoms with Crippen LogP contribution in [0.4, 0.5) is 5.69 Å². The number of anilines is 1. The van der Waals surface area contributed by atoms with E-state index < -0.39 is 5.97 Å². The van der Waals surface area contributed by atoms with E-state index in [2.05, 4.69) is 54.1 Å². The molecule has 0 bridgehead atoms. The number of carboxylic acid groups (broad SMARTS) is 1. The predicted octanol–water partition coefficient (Wildman–Crippen LogP) is 4.87.